The number of aryl methyl sites for hydroxylation is 1. The van der Waals surface area contributed by atoms with E-state index >= 15 is 0 Å². The fourth-order valence-corrected chi connectivity index (χ4v) is 1.66. The number of nitrogens with zero attached hydrogens (tertiary/aromatic N) is 1. The number of nitrogens with one attached hydrogen (secondary N) is 1. The molecule has 0 unspecified atom stereocenters. The van der Waals surface area contributed by atoms with Crippen molar-refractivity contribution >= 4 is 11.7 Å². The van der Waals surface area contributed by atoms with Crippen LogP contribution >= 0.6 is 0 Å². The quantitative estimate of drug-likeness (QED) is 0.849. The number of rotatable bonds is 3. The second-order valence-electron chi connectivity index (χ2n) is 4.53. The van der Waals surface area contributed by atoms with Gasteiger partial charge in [0.1, 0.15) is 5.82 Å². The highest BCUT2D eigenvalue weighted by molar-refractivity contribution is 6.03. The van der Waals surface area contributed by atoms with Crippen LogP contribution < -0.4 is 5.32 Å². The van der Waals surface area contributed by atoms with Crippen molar-refractivity contribution in [2.45, 2.75) is 13.3 Å². The van der Waals surface area contributed by atoms with Gasteiger partial charge in [-0.3, -0.25) is 4.79 Å². The number of carbonyl (C=O) groups is 1. The van der Waals surface area contributed by atoms with Gasteiger partial charge in [0.05, 0.1) is 6.61 Å². The summed E-state index contributed by atoms with van der Waals surface area (Å²) in [6.45, 7) is 1.99. The largest absolute Gasteiger partial charge is 0.395 e. The molecule has 0 saturated heterocycles. The van der Waals surface area contributed by atoms with Gasteiger partial charge >= 0.3 is 0 Å². The molecule has 0 radical (unpaired) electrons. The van der Waals surface area contributed by atoms with E-state index in [1.165, 1.54) is 0 Å². The molecule has 0 bridgehead atoms. The number of aliphatic hydroxyl groups is 1. The van der Waals surface area contributed by atoms with Gasteiger partial charge in [-0.2, -0.15) is 0 Å². The van der Waals surface area contributed by atoms with Crippen LogP contribution in [0.3, 0.4) is 0 Å². The fourth-order valence-electron chi connectivity index (χ4n) is 1.66. The third kappa shape index (κ3) is 4.44. The molecule has 1 heterocycles. The number of hydrogen-bond donors (Lipinski definition) is 2. The van der Waals surface area contributed by atoms with E-state index in [0.29, 0.717) is 17.8 Å². The molecule has 0 aliphatic carbocycles. The number of aliphatic hydroxyl groups excluding tert-OH is 1. The molecule has 1 aromatic heterocycles. The van der Waals surface area contributed by atoms with E-state index in [1.807, 2.05) is 13.0 Å². The maximum absolute atomic E-state index is 12.1. The highest BCUT2D eigenvalue weighted by Crippen LogP contribution is 2.08. The van der Waals surface area contributed by atoms with E-state index < -0.39 is 0 Å². The predicted octanol–water partition coefficient (Wildman–Crippen LogP) is 2.38. The number of anilines is 1. The van der Waals surface area contributed by atoms with Gasteiger partial charge < -0.3 is 10.4 Å². The Labute approximate surface area is 123 Å². The molecule has 0 aliphatic rings. The summed E-state index contributed by atoms with van der Waals surface area (Å²) in [7, 11) is 0. The third-order valence-corrected chi connectivity index (χ3v) is 2.77. The van der Waals surface area contributed by atoms with Crippen molar-refractivity contribution in [1.29, 1.82) is 0 Å². The van der Waals surface area contributed by atoms with Crippen LogP contribution in [0.4, 0.5) is 5.82 Å². The lowest BCUT2D eigenvalue weighted by Gasteiger charge is -2.04. The summed E-state index contributed by atoms with van der Waals surface area (Å²) in [5.74, 6) is 6.07. The van der Waals surface area contributed by atoms with Crippen LogP contribution in [0, 0.1) is 18.8 Å². The van der Waals surface area contributed by atoms with Gasteiger partial charge in [0.25, 0.3) is 5.91 Å². The Balaban J connectivity index is 2.03. The molecule has 0 atom stereocenters. The Morgan fingerprint density at radius 1 is 1.24 bits per heavy atom. The first kappa shape index (κ1) is 14.8. The maximum atomic E-state index is 12.1. The van der Waals surface area contributed by atoms with Crippen LogP contribution in [0.1, 0.15) is 27.9 Å². The van der Waals surface area contributed by atoms with Crippen LogP contribution in [0.25, 0.3) is 0 Å². The van der Waals surface area contributed by atoms with Crippen LogP contribution in [0.2, 0.25) is 0 Å². The molecule has 4 nitrogen and oxygen atoms in total. The lowest BCUT2D eigenvalue weighted by molar-refractivity contribution is 0.102. The summed E-state index contributed by atoms with van der Waals surface area (Å²) in [6, 6.07) is 10.6. The second kappa shape index (κ2) is 7.22. The van der Waals surface area contributed by atoms with Gasteiger partial charge in [0.15, 0.2) is 0 Å². The van der Waals surface area contributed by atoms with Crippen LogP contribution in [-0.4, -0.2) is 22.6 Å². The molecular formula is C17H16N2O2. The minimum absolute atomic E-state index is 0.0526. The van der Waals surface area contributed by atoms with Crippen LogP contribution in [0.5, 0.6) is 0 Å². The molecule has 0 fully saturated rings. The molecule has 0 aliphatic heterocycles. The van der Waals surface area contributed by atoms with Crippen LogP contribution in [0.15, 0.2) is 42.6 Å². The van der Waals surface area contributed by atoms with Gasteiger partial charge in [-0.05, 0) is 42.8 Å². The average molecular weight is 280 g/mol. The first-order valence-electron chi connectivity index (χ1n) is 6.63. The number of amides is 1. The molecule has 21 heavy (non-hydrogen) atoms. The molecule has 1 aromatic carbocycles. The fraction of sp³-hybridized carbons (Fsp3) is 0.176. The van der Waals surface area contributed by atoms with E-state index in [-0.39, 0.29) is 12.5 Å². The van der Waals surface area contributed by atoms with Crippen molar-refractivity contribution in [1.82, 2.24) is 4.98 Å². The van der Waals surface area contributed by atoms with Gasteiger partial charge in [0.2, 0.25) is 0 Å². The third-order valence-electron chi connectivity index (χ3n) is 2.77. The number of carbonyl (C=O) groups excluding carboxylic acids is 1. The molecule has 2 aromatic rings. The molecule has 4 heteroatoms. The average Bonchev–Trinajstić information content (AvgIpc) is 2.50. The first-order valence-corrected chi connectivity index (χ1v) is 6.63. The monoisotopic (exact) mass is 280 g/mol. The Bertz CT molecular complexity index is 665. The van der Waals surface area contributed by atoms with E-state index in [0.717, 1.165) is 11.1 Å². The number of pyridine rings is 1. The molecule has 0 saturated carbocycles. The zero-order valence-electron chi connectivity index (χ0n) is 11.8. The highest BCUT2D eigenvalue weighted by atomic mass is 16.2. The van der Waals surface area contributed by atoms with E-state index in [9.17, 15) is 4.79 Å². The summed E-state index contributed by atoms with van der Waals surface area (Å²) < 4.78 is 0. The molecule has 2 N–H and O–H groups in total. The van der Waals surface area contributed by atoms with Crippen molar-refractivity contribution in [2.75, 3.05) is 11.9 Å². The van der Waals surface area contributed by atoms with Crippen molar-refractivity contribution in [3.05, 3.63) is 59.3 Å². The van der Waals surface area contributed by atoms with Gasteiger partial charge in [0, 0.05) is 23.7 Å². The first-order chi connectivity index (χ1) is 10.2. The van der Waals surface area contributed by atoms with Crippen molar-refractivity contribution in [3.63, 3.8) is 0 Å². The normalized spacial score (nSPS) is 9.62. The summed E-state index contributed by atoms with van der Waals surface area (Å²) in [5, 5.41) is 11.4. The van der Waals surface area contributed by atoms with Gasteiger partial charge in [-0.25, -0.2) is 4.98 Å². The lowest BCUT2D eigenvalue weighted by atomic mass is 10.1. The summed E-state index contributed by atoms with van der Waals surface area (Å²) in [6.07, 6.45) is 2.15. The van der Waals surface area contributed by atoms with Gasteiger partial charge in [-0.15, -0.1) is 0 Å². The SMILES string of the molecule is Cc1ccc(NC(=O)c2ccc(C#CCCO)cc2)nc1. The standard InChI is InChI=1S/C17H16N2O2/c1-13-5-10-16(18-12-13)19-17(21)15-8-6-14(7-9-15)4-2-3-11-20/h5-10,12,20H,3,11H2,1H3,(H,18,19,21). The Morgan fingerprint density at radius 2 is 2.00 bits per heavy atom. The van der Waals surface area contributed by atoms with E-state index in [1.54, 1.807) is 36.5 Å². The van der Waals surface area contributed by atoms with Gasteiger partial charge in [-0.1, -0.05) is 17.9 Å². The summed E-state index contributed by atoms with van der Waals surface area (Å²) in [4.78, 5) is 16.2. The molecular weight excluding hydrogens is 264 g/mol. The Morgan fingerprint density at radius 3 is 2.62 bits per heavy atom. The Kier molecular flexibility index (Phi) is 5.08. The number of hydrogen-bond acceptors (Lipinski definition) is 3. The zero-order valence-corrected chi connectivity index (χ0v) is 11.8. The lowest BCUT2D eigenvalue weighted by Crippen LogP contribution is -2.12. The topological polar surface area (TPSA) is 62.2 Å². The Hall–Kier alpha value is -2.64. The van der Waals surface area contributed by atoms with Crippen molar-refractivity contribution in [2.24, 2.45) is 0 Å². The predicted molar refractivity (Wildman–Crippen MR) is 82.0 cm³/mol. The summed E-state index contributed by atoms with van der Waals surface area (Å²) >= 11 is 0. The van der Waals surface area contributed by atoms with E-state index in [2.05, 4.69) is 22.1 Å². The number of benzene rings is 1. The number of aromatic nitrogens is 1. The molecule has 2 rings (SSSR count). The molecule has 106 valence electrons. The maximum Gasteiger partial charge on any atom is 0.256 e. The van der Waals surface area contributed by atoms with E-state index in [4.69, 9.17) is 5.11 Å². The molecule has 0 spiro atoms. The zero-order chi connectivity index (χ0) is 15.1. The smallest absolute Gasteiger partial charge is 0.256 e. The van der Waals surface area contributed by atoms with Crippen molar-refractivity contribution < 1.29 is 9.90 Å². The highest BCUT2D eigenvalue weighted by Gasteiger charge is 2.06. The molecule has 1 amide bonds. The second-order valence-corrected chi connectivity index (χ2v) is 4.53. The van der Waals surface area contributed by atoms with Crippen LogP contribution in [-0.2, 0) is 0 Å². The summed E-state index contributed by atoms with van der Waals surface area (Å²) in [5.41, 5.74) is 2.40. The minimum atomic E-state index is -0.207. The van der Waals surface area contributed by atoms with Crippen molar-refractivity contribution in [3.8, 4) is 11.8 Å². The minimum Gasteiger partial charge on any atom is -0.395 e.